The minimum absolute atomic E-state index is 0.0155. The summed E-state index contributed by atoms with van der Waals surface area (Å²) in [7, 11) is 0. The molecule has 0 aliphatic heterocycles. The van der Waals surface area contributed by atoms with Crippen molar-refractivity contribution in [1.82, 2.24) is 14.9 Å². The van der Waals surface area contributed by atoms with Gasteiger partial charge in [0.05, 0.1) is 11.7 Å². The van der Waals surface area contributed by atoms with E-state index in [4.69, 9.17) is 0 Å². The van der Waals surface area contributed by atoms with Crippen LogP contribution in [0.5, 0.6) is 0 Å². The molecule has 0 fully saturated rings. The highest BCUT2D eigenvalue weighted by Gasteiger charge is 2.20. The molecule has 1 aromatic carbocycles. The van der Waals surface area contributed by atoms with Gasteiger partial charge in [0.25, 0.3) is 5.56 Å². The average Bonchev–Trinajstić information content (AvgIpc) is 3.08. The molecular weight excluding hydrogens is 390 g/mol. The first-order valence-corrected chi connectivity index (χ1v) is 11.4. The van der Waals surface area contributed by atoms with Gasteiger partial charge in [-0.05, 0) is 50.3 Å². The molecule has 3 aromatic rings. The molecule has 0 bridgehead atoms. The van der Waals surface area contributed by atoms with E-state index in [0.717, 1.165) is 40.8 Å². The molecule has 0 spiro atoms. The number of aromatic nitrogens is 2. The van der Waals surface area contributed by atoms with Crippen LogP contribution in [-0.4, -0.2) is 27.8 Å². The summed E-state index contributed by atoms with van der Waals surface area (Å²) in [5.41, 5.74) is 2.31. The predicted molar refractivity (Wildman–Crippen MR) is 115 cm³/mol. The predicted octanol–water partition coefficient (Wildman–Crippen LogP) is 3.55. The molecule has 0 saturated heterocycles. The number of rotatable bonds is 6. The van der Waals surface area contributed by atoms with E-state index >= 15 is 0 Å². The van der Waals surface area contributed by atoms with Crippen LogP contribution in [0.25, 0.3) is 10.2 Å². The first-order chi connectivity index (χ1) is 13.6. The van der Waals surface area contributed by atoms with Crippen molar-refractivity contribution in [1.29, 1.82) is 0 Å². The van der Waals surface area contributed by atoms with Gasteiger partial charge in [0.1, 0.15) is 11.4 Å². The summed E-state index contributed by atoms with van der Waals surface area (Å²) in [5, 5.41) is 3.63. The van der Waals surface area contributed by atoms with Gasteiger partial charge in [-0.1, -0.05) is 17.7 Å². The highest BCUT2D eigenvalue weighted by molar-refractivity contribution is 7.99. The van der Waals surface area contributed by atoms with E-state index in [1.165, 1.54) is 32.7 Å². The Labute approximate surface area is 172 Å². The van der Waals surface area contributed by atoms with Crippen molar-refractivity contribution in [2.45, 2.75) is 44.0 Å². The summed E-state index contributed by atoms with van der Waals surface area (Å²) >= 11 is 3.33. The van der Waals surface area contributed by atoms with Crippen LogP contribution < -0.4 is 10.9 Å². The maximum atomic E-state index is 12.9. The molecule has 5 nitrogen and oxygen atoms in total. The summed E-state index contributed by atoms with van der Waals surface area (Å²) in [6.07, 6.45) is 5.78. The fraction of sp³-hybridized carbons (Fsp3) is 0.381. The van der Waals surface area contributed by atoms with Crippen LogP contribution in [0.4, 0.5) is 0 Å². The van der Waals surface area contributed by atoms with Gasteiger partial charge in [-0.3, -0.25) is 14.2 Å². The first kappa shape index (κ1) is 19.2. The van der Waals surface area contributed by atoms with Crippen LogP contribution in [0.1, 0.15) is 28.8 Å². The lowest BCUT2D eigenvalue weighted by molar-refractivity contribution is -0.121. The minimum Gasteiger partial charge on any atom is -0.354 e. The summed E-state index contributed by atoms with van der Waals surface area (Å²) in [4.78, 5) is 32.9. The molecular formula is C21H23N3O2S2. The van der Waals surface area contributed by atoms with E-state index in [9.17, 15) is 9.59 Å². The lowest BCUT2D eigenvalue weighted by Gasteiger charge is -2.10. The van der Waals surface area contributed by atoms with Gasteiger partial charge in [0, 0.05) is 22.1 Å². The van der Waals surface area contributed by atoms with Crippen molar-refractivity contribution in [3.8, 4) is 0 Å². The van der Waals surface area contributed by atoms with Crippen molar-refractivity contribution < 1.29 is 4.79 Å². The molecule has 1 amide bonds. The number of nitrogens with one attached hydrogen (secondary N) is 1. The average molecular weight is 414 g/mol. The normalized spacial score (nSPS) is 13.5. The Bertz CT molecular complexity index is 1050. The Hall–Kier alpha value is -2.12. The number of amides is 1. The summed E-state index contributed by atoms with van der Waals surface area (Å²) in [6, 6.07) is 8.34. The smallest absolute Gasteiger partial charge is 0.262 e. The Morgan fingerprint density at radius 1 is 1.25 bits per heavy atom. The van der Waals surface area contributed by atoms with E-state index in [1.54, 1.807) is 23.1 Å². The molecule has 1 aliphatic rings. The highest BCUT2D eigenvalue weighted by atomic mass is 32.2. The maximum absolute atomic E-state index is 12.9. The largest absolute Gasteiger partial charge is 0.354 e. The molecule has 1 aliphatic carbocycles. The zero-order chi connectivity index (χ0) is 19.5. The molecule has 7 heteroatoms. The molecule has 0 unspecified atom stereocenters. The van der Waals surface area contributed by atoms with E-state index < -0.39 is 0 Å². The van der Waals surface area contributed by atoms with E-state index in [1.807, 2.05) is 0 Å². The lowest BCUT2D eigenvalue weighted by atomic mass is 9.97. The summed E-state index contributed by atoms with van der Waals surface area (Å²) in [6.45, 7) is 2.64. The topological polar surface area (TPSA) is 64.0 Å². The first-order valence-electron chi connectivity index (χ1n) is 9.57. The standard InChI is InChI=1S/C21H23N3O2S2/c1-14-6-8-15(9-7-14)27-11-10-22-18(25)12-24-13-23-20-19(21(24)26)16-4-2-3-5-17(16)28-20/h6-9,13H,2-5,10-12H2,1H3,(H,22,25). The third-order valence-corrected chi connectivity index (χ3v) is 7.18. The molecule has 1 N–H and O–H groups in total. The SMILES string of the molecule is Cc1ccc(SCCNC(=O)Cn2cnc3sc4c(c3c2=O)CCCC4)cc1. The zero-order valence-corrected chi connectivity index (χ0v) is 17.5. The third kappa shape index (κ3) is 4.15. The molecule has 146 valence electrons. The molecule has 0 atom stereocenters. The fourth-order valence-corrected chi connectivity index (χ4v) is 5.49. The number of nitrogens with zero attached hydrogens (tertiary/aromatic N) is 2. The van der Waals surface area contributed by atoms with Crippen molar-refractivity contribution in [3.05, 3.63) is 57.0 Å². The maximum Gasteiger partial charge on any atom is 0.262 e. The molecule has 28 heavy (non-hydrogen) atoms. The van der Waals surface area contributed by atoms with Crippen LogP contribution in [0, 0.1) is 6.92 Å². The van der Waals surface area contributed by atoms with Crippen molar-refractivity contribution in [2.75, 3.05) is 12.3 Å². The molecule has 0 radical (unpaired) electrons. The lowest BCUT2D eigenvalue weighted by Crippen LogP contribution is -2.33. The second-order valence-corrected chi connectivity index (χ2v) is 9.33. The minimum atomic E-state index is -0.156. The third-order valence-electron chi connectivity index (χ3n) is 4.97. The van der Waals surface area contributed by atoms with Crippen LogP contribution in [0.15, 0.2) is 40.3 Å². The highest BCUT2D eigenvalue weighted by Crippen LogP contribution is 2.33. The Morgan fingerprint density at radius 2 is 2.04 bits per heavy atom. The number of thiophene rings is 1. The van der Waals surface area contributed by atoms with Gasteiger partial charge in [-0.2, -0.15) is 0 Å². The molecule has 4 rings (SSSR count). The van der Waals surface area contributed by atoms with Gasteiger partial charge in [-0.15, -0.1) is 23.1 Å². The number of fused-ring (bicyclic) bond motifs is 3. The van der Waals surface area contributed by atoms with Gasteiger partial charge < -0.3 is 5.32 Å². The molecule has 2 aromatic heterocycles. The quantitative estimate of drug-likeness (QED) is 0.496. The van der Waals surface area contributed by atoms with Crippen molar-refractivity contribution in [2.24, 2.45) is 0 Å². The van der Waals surface area contributed by atoms with Crippen LogP contribution in [-0.2, 0) is 24.2 Å². The monoisotopic (exact) mass is 413 g/mol. The number of hydrogen-bond acceptors (Lipinski definition) is 5. The molecule has 0 saturated carbocycles. The zero-order valence-electron chi connectivity index (χ0n) is 15.9. The second-order valence-electron chi connectivity index (χ2n) is 7.08. The number of carbonyl (C=O) groups excluding carboxylic acids is 1. The van der Waals surface area contributed by atoms with Gasteiger partial charge in [0.2, 0.25) is 5.91 Å². The Kier molecular flexibility index (Phi) is 5.82. The Morgan fingerprint density at radius 3 is 2.86 bits per heavy atom. The van der Waals surface area contributed by atoms with Crippen LogP contribution in [0.3, 0.4) is 0 Å². The van der Waals surface area contributed by atoms with Gasteiger partial charge in [0.15, 0.2) is 0 Å². The second kappa shape index (κ2) is 8.49. The number of benzene rings is 1. The van der Waals surface area contributed by atoms with Crippen LogP contribution >= 0.6 is 23.1 Å². The molecule has 2 heterocycles. The van der Waals surface area contributed by atoms with Crippen molar-refractivity contribution >= 4 is 39.2 Å². The van der Waals surface area contributed by atoms with Crippen molar-refractivity contribution in [3.63, 3.8) is 0 Å². The van der Waals surface area contributed by atoms with Crippen LogP contribution in [0.2, 0.25) is 0 Å². The number of carbonyl (C=O) groups is 1. The summed E-state index contributed by atoms with van der Waals surface area (Å²) in [5.74, 6) is 0.635. The fourth-order valence-electron chi connectivity index (χ4n) is 3.50. The Balaban J connectivity index is 1.36. The van der Waals surface area contributed by atoms with E-state index in [0.29, 0.717) is 6.54 Å². The number of aryl methyl sites for hydroxylation is 3. The van der Waals surface area contributed by atoms with E-state index in [-0.39, 0.29) is 18.0 Å². The number of thioether (sulfide) groups is 1. The van der Waals surface area contributed by atoms with Gasteiger partial charge in [-0.25, -0.2) is 4.98 Å². The van der Waals surface area contributed by atoms with Gasteiger partial charge >= 0.3 is 0 Å². The van der Waals surface area contributed by atoms with E-state index in [2.05, 4.69) is 41.5 Å². The number of hydrogen-bond donors (Lipinski definition) is 1. The summed E-state index contributed by atoms with van der Waals surface area (Å²) < 4.78 is 1.44.